The van der Waals surface area contributed by atoms with Crippen molar-refractivity contribution in [3.8, 4) is 6.08 Å². The summed E-state index contributed by atoms with van der Waals surface area (Å²) in [6.07, 6.45) is 5.46. The number of rotatable bonds is 2. The first-order valence-corrected chi connectivity index (χ1v) is 7.04. The maximum Gasteiger partial charge on any atom is 0.394 e. The van der Waals surface area contributed by atoms with Gasteiger partial charge >= 0.3 is 6.08 Å². The van der Waals surface area contributed by atoms with Crippen LogP contribution in [-0.2, 0) is 0 Å². The molecule has 4 rings (SSSR count). The summed E-state index contributed by atoms with van der Waals surface area (Å²) in [6.45, 7) is 0. The summed E-state index contributed by atoms with van der Waals surface area (Å²) in [5, 5.41) is 0. The van der Waals surface area contributed by atoms with Crippen LogP contribution in [0.25, 0.3) is 11.1 Å². The van der Waals surface area contributed by atoms with Crippen molar-refractivity contribution in [1.29, 1.82) is 0 Å². The van der Waals surface area contributed by atoms with E-state index >= 15 is 0 Å². The summed E-state index contributed by atoms with van der Waals surface area (Å²) < 4.78 is 11.6. The fourth-order valence-electron chi connectivity index (χ4n) is 3.50. The first-order valence-electron chi connectivity index (χ1n) is 7.04. The Morgan fingerprint density at radius 3 is 2.68 bits per heavy atom. The van der Waals surface area contributed by atoms with Gasteiger partial charge in [-0.3, -0.25) is 0 Å². The van der Waals surface area contributed by atoms with Crippen molar-refractivity contribution in [3.05, 3.63) is 24.3 Å². The second kappa shape index (κ2) is 4.23. The molecule has 2 aromatic rings. The van der Waals surface area contributed by atoms with Crippen LogP contribution in [0, 0.1) is 0 Å². The zero-order valence-electron chi connectivity index (χ0n) is 11.1. The van der Waals surface area contributed by atoms with Gasteiger partial charge in [-0.1, -0.05) is 12.1 Å². The summed E-state index contributed by atoms with van der Waals surface area (Å²) in [5.41, 5.74) is 1.67. The van der Waals surface area contributed by atoms with Crippen molar-refractivity contribution < 1.29 is 9.15 Å². The van der Waals surface area contributed by atoms with Crippen LogP contribution in [0.1, 0.15) is 25.7 Å². The molecule has 1 aromatic carbocycles. The van der Waals surface area contributed by atoms with Crippen LogP contribution in [0.3, 0.4) is 0 Å². The highest BCUT2D eigenvalue weighted by Gasteiger charge is 2.39. The lowest BCUT2D eigenvalue weighted by Crippen LogP contribution is -2.43. The second-order valence-corrected chi connectivity index (χ2v) is 5.71. The van der Waals surface area contributed by atoms with E-state index in [4.69, 9.17) is 9.15 Å². The van der Waals surface area contributed by atoms with Gasteiger partial charge in [-0.2, -0.15) is 4.98 Å². The molecule has 4 nitrogen and oxygen atoms in total. The van der Waals surface area contributed by atoms with E-state index in [9.17, 15) is 0 Å². The van der Waals surface area contributed by atoms with Gasteiger partial charge in [0.05, 0.1) is 0 Å². The molecule has 2 fully saturated rings. The van der Waals surface area contributed by atoms with E-state index in [-0.39, 0.29) is 6.10 Å². The Hall–Kier alpha value is -1.55. The fourth-order valence-corrected chi connectivity index (χ4v) is 3.50. The van der Waals surface area contributed by atoms with Gasteiger partial charge in [0.1, 0.15) is 11.6 Å². The molecule has 2 aliphatic heterocycles. The van der Waals surface area contributed by atoms with Crippen LogP contribution in [0.15, 0.2) is 28.7 Å². The summed E-state index contributed by atoms with van der Waals surface area (Å²) in [7, 11) is 2.23. The molecule has 2 bridgehead atoms. The Labute approximate surface area is 112 Å². The molecule has 0 saturated carbocycles. The molecule has 4 heteroatoms. The standard InChI is InChI=1S/C15H18N2O2/c1-17-10-6-7-11(17)9-12(8-10)18-15-16-13-4-2-3-5-14(13)19-15/h2-5,10-12H,6-9H2,1H3. The van der Waals surface area contributed by atoms with Gasteiger partial charge in [0.25, 0.3) is 0 Å². The first kappa shape index (κ1) is 11.3. The van der Waals surface area contributed by atoms with E-state index in [0.29, 0.717) is 18.2 Å². The topological polar surface area (TPSA) is 38.5 Å². The van der Waals surface area contributed by atoms with Crippen molar-refractivity contribution >= 4 is 11.1 Å². The summed E-state index contributed by atoms with van der Waals surface area (Å²) in [6, 6.07) is 9.14. The van der Waals surface area contributed by atoms with Crippen molar-refractivity contribution in [2.75, 3.05) is 7.05 Å². The Bertz CT molecular complexity index is 548. The molecule has 3 heterocycles. The molecule has 0 aliphatic carbocycles. The van der Waals surface area contributed by atoms with Crippen LogP contribution in [0.2, 0.25) is 0 Å². The van der Waals surface area contributed by atoms with Crippen LogP contribution < -0.4 is 4.74 Å². The van der Waals surface area contributed by atoms with E-state index in [1.807, 2.05) is 24.3 Å². The van der Waals surface area contributed by atoms with Crippen LogP contribution in [0.4, 0.5) is 0 Å². The van der Waals surface area contributed by atoms with E-state index in [1.165, 1.54) is 12.8 Å². The van der Waals surface area contributed by atoms with Gasteiger partial charge in [0.2, 0.25) is 0 Å². The lowest BCUT2D eigenvalue weighted by molar-refractivity contribution is 0.0479. The van der Waals surface area contributed by atoms with Crippen LogP contribution >= 0.6 is 0 Å². The number of hydrogen-bond acceptors (Lipinski definition) is 4. The number of aromatic nitrogens is 1. The minimum absolute atomic E-state index is 0.252. The quantitative estimate of drug-likeness (QED) is 0.830. The third-order valence-electron chi connectivity index (χ3n) is 4.60. The van der Waals surface area contributed by atoms with E-state index < -0.39 is 0 Å². The molecule has 2 aliphatic rings. The van der Waals surface area contributed by atoms with Crippen LogP contribution in [0.5, 0.6) is 6.08 Å². The molecule has 19 heavy (non-hydrogen) atoms. The summed E-state index contributed by atoms with van der Waals surface area (Å²) in [4.78, 5) is 6.90. The number of fused-ring (bicyclic) bond motifs is 3. The largest absolute Gasteiger partial charge is 0.447 e. The zero-order valence-corrected chi connectivity index (χ0v) is 11.1. The highest BCUT2D eigenvalue weighted by molar-refractivity contribution is 5.72. The number of benzene rings is 1. The van der Waals surface area contributed by atoms with Gasteiger partial charge < -0.3 is 14.1 Å². The van der Waals surface area contributed by atoms with Crippen molar-refractivity contribution in [2.24, 2.45) is 0 Å². The molecule has 2 atom stereocenters. The number of nitrogens with zero attached hydrogens (tertiary/aromatic N) is 2. The highest BCUT2D eigenvalue weighted by Crippen LogP contribution is 2.36. The van der Waals surface area contributed by atoms with Gasteiger partial charge in [-0.05, 0) is 32.0 Å². The van der Waals surface area contributed by atoms with Crippen molar-refractivity contribution in [1.82, 2.24) is 9.88 Å². The number of hydrogen-bond donors (Lipinski definition) is 0. The predicted octanol–water partition coefficient (Wildman–Crippen LogP) is 2.83. The maximum absolute atomic E-state index is 5.96. The average molecular weight is 258 g/mol. The molecule has 0 N–H and O–H groups in total. The third-order valence-corrected chi connectivity index (χ3v) is 4.60. The van der Waals surface area contributed by atoms with Crippen molar-refractivity contribution in [3.63, 3.8) is 0 Å². The molecule has 2 saturated heterocycles. The smallest absolute Gasteiger partial charge is 0.394 e. The van der Waals surface area contributed by atoms with Gasteiger partial charge in [-0.15, -0.1) is 0 Å². The van der Waals surface area contributed by atoms with Gasteiger partial charge in [0, 0.05) is 24.9 Å². The molecule has 0 amide bonds. The normalized spacial score (nSPS) is 30.9. The summed E-state index contributed by atoms with van der Waals surface area (Å²) in [5.74, 6) is 0. The molecule has 100 valence electrons. The predicted molar refractivity (Wildman–Crippen MR) is 72.2 cm³/mol. The first-order chi connectivity index (χ1) is 9.29. The molecule has 1 aromatic heterocycles. The Morgan fingerprint density at radius 2 is 1.95 bits per heavy atom. The van der Waals surface area contributed by atoms with Gasteiger partial charge in [-0.25, -0.2) is 0 Å². The summed E-state index contributed by atoms with van der Waals surface area (Å²) >= 11 is 0. The lowest BCUT2D eigenvalue weighted by Gasteiger charge is -2.35. The molecule has 2 unspecified atom stereocenters. The van der Waals surface area contributed by atoms with E-state index in [1.54, 1.807) is 0 Å². The maximum atomic E-state index is 5.96. The minimum Gasteiger partial charge on any atom is -0.447 e. The SMILES string of the molecule is CN1C2CCC1CC(Oc1nc3ccccc3o1)C2. The number of oxazole rings is 1. The Kier molecular flexibility index (Phi) is 2.52. The molecule has 0 radical (unpaired) electrons. The van der Waals surface area contributed by atoms with Crippen molar-refractivity contribution in [2.45, 2.75) is 43.9 Å². The average Bonchev–Trinajstić information content (AvgIpc) is 2.87. The molecular formula is C15H18N2O2. The molecule has 0 spiro atoms. The highest BCUT2D eigenvalue weighted by atomic mass is 16.6. The minimum atomic E-state index is 0.252. The second-order valence-electron chi connectivity index (χ2n) is 5.71. The third kappa shape index (κ3) is 1.91. The Balaban J connectivity index is 1.52. The van der Waals surface area contributed by atoms with Gasteiger partial charge in [0.15, 0.2) is 5.58 Å². The number of piperidine rings is 1. The monoisotopic (exact) mass is 258 g/mol. The van der Waals surface area contributed by atoms with E-state index in [0.717, 1.165) is 23.9 Å². The zero-order chi connectivity index (χ0) is 12.8. The lowest BCUT2D eigenvalue weighted by atomic mass is 10.0. The number of ether oxygens (including phenoxy) is 1. The molecular weight excluding hydrogens is 240 g/mol. The number of para-hydroxylation sites is 2. The van der Waals surface area contributed by atoms with Crippen LogP contribution in [-0.4, -0.2) is 35.1 Å². The fraction of sp³-hybridized carbons (Fsp3) is 0.533. The van der Waals surface area contributed by atoms with E-state index in [2.05, 4.69) is 16.9 Å². The Morgan fingerprint density at radius 1 is 1.21 bits per heavy atom.